The molecule has 0 atom stereocenters. The summed E-state index contributed by atoms with van der Waals surface area (Å²) in [4.78, 5) is 23.4. The molecule has 7 heteroatoms. The maximum atomic E-state index is 13.7. The van der Waals surface area contributed by atoms with Crippen LogP contribution < -0.4 is 10.4 Å². The van der Waals surface area contributed by atoms with Crippen LogP contribution in [0.25, 0.3) is 33.7 Å². The number of fused-ring (bicyclic) bond motifs is 2. The average Bonchev–Trinajstić information content (AvgIpc) is 3.05. The summed E-state index contributed by atoms with van der Waals surface area (Å²) in [6, 6.07) is 18.5. The number of aromatic nitrogens is 4. The fraction of sp³-hybridized carbons (Fsp3) is 0.160. The van der Waals surface area contributed by atoms with Gasteiger partial charge in [0.2, 0.25) is 0 Å². The molecule has 0 bridgehead atoms. The number of ether oxygens (including phenoxy) is 1. The third-order valence-corrected chi connectivity index (χ3v) is 5.79. The zero-order valence-corrected chi connectivity index (χ0v) is 18.7. The molecular formula is C25H21ClN4O2. The van der Waals surface area contributed by atoms with Crippen LogP contribution in [0.5, 0.6) is 5.75 Å². The van der Waals surface area contributed by atoms with Gasteiger partial charge in [0.1, 0.15) is 5.75 Å². The van der Waals surface area contributed by atoms with Crippen LogP contribution in [0.1, 0.15) is 18.1 Å². The zero-order chi connectivity index (χ0) is 22.4. The van der Waals surface area contributed by atoms with E-state index < -0.39 is 0 Å². The SMILES string of the molecule is CCOc1ccc(-n2c(=O)n(-c3ccc(Cl)cc3)c3nc4cc(C)c(C)cc4nc32)cc1. The molecule has 32 heavy (non-hydrogen) atoms. The van der Waals surface area contributed by atoms with Crippen molar-refractivity contribution in [3.63, 3.8) is 0 Å². The predicted octanol–water partition coefficient (Wildman–Crippen LogP) is 5.39. The Hall–Kier alpha value is -3.64. The average molecular weight is 445 g/mol. The Labute approximate surface area is 189 Å². The van der Waals surface area contributed by atoms with Crippen LogP contribution in [0, 0.1) is 13.8 Å². The number of halogens is 1. The Kier molecular flexibility index (Phi) is 4.94. The van der Waals surface area contributed by atoms with E-state index >= 15 is 0 Å². The highest BCUT2D eigenvalue weighted by Crippen LogP contribution is 2.24. The summed E-state index contributed by atoms with van der Waals surface area (Å²) in [5, 5.41) is 0.597. The predicted molar refractivity (Wildman–Crippen MR) is 128 cm³/mol. The van der Waals surface area contributed by atoms with Gasteiger partial charge >= 0.3 is 5.69 Å². The lowest BCUT2D eigenvalue weighted by molar-refractivity contribution is 0.340. The number of rotatable bonds is 4. The van der Waals surface area contributed by atoms with E-state index in [2.05, 4.69) is 0 Å². The van der Waals surface area contributed by atoms with Crippen molar-refractivity contribution < 1.29 is 4.74 Å². The van der Waals surface area contributed by atoms with Gasteiger partial charge in [-0.3, -0.25) is 0 Å². The Bertz CT molecular complexity index is 1520. The molecular weight excluding hydrogens is 424 g/mol. The van der Waals surface area contributed by atoms with Gasteiger partial charge in [0, 0.05) is 5.02 Å². The van der Waals surface area contributed by atoms with Crippen LogP contribution in [-0.4, -0.2) is 25.7 Å². The molecule has 0 saturated carbocycles. The molecule has 0 fully saturated rings. The first-order valence-electron chi connectivity index (χ1n) is 10.4. The lowest BCUT2D eigenvalue weighted by Crippen LogP contribution is -2.22. The summed E-state index contributed by atoms with van der Waals surface area (Å²) in [5.41, 5.74) is 5.82. The van der Waals surface area contributed by atoms with E-state index in [1.165, 1.54) is 0 Å². The van der Waals surface area contributed by atoms with Crippen molar-refractivity contribution in [2.75, 3.05) is 6.61 Å². The largest absolute Gasteiger partial charge is 0.494 e. The topological polar surface area (TPSA) is 61.9 Å². The van der Waals surface area contributed by atoms with Crippen molar-refractivity contribution in [1.82, 2.24) is 19.1 Å². The monoisotopic (exact) mass is 444 g/mol. The molecule has 0 aliphatic rings. The number of benzene rings is 3. The quantitative estimate of drug-likeness (QED) is 0.372. The smallest absolute Gasteiger partial charge is 0.340 e. The van der Waals surface area contributed by atoms with E-state index in [0.29, 0.717) is 34.3 Å². The van der Waals surface area contributed by atoms with Gasteiger partial charge in [0.15, 0.2) is 11.3 Å². The van der Waals surface area contributed by atoms with Crippen LogP contribution in [0.15, 0.2) is 65.5 Å². The lowest BCUT2D eigenvalue weighted by atomic mass is 10.1. The number of hydrogen-bond donors (Lipinski definition) is 0. The highest BCUT2D eigenvalue weighted by Gasteiger charge is 2.20. The Morgan fingerprint density at radius 1 is 0.812 bits per heavy atom. The van der Waals surface area contributed by atoms with Crippen molar-refractivity contribution in [2.45, 2.75) is 20.8 Å². The van der Waals surface area contributed by atoms with Crippen molar-refractivity contribution in [2.24, 2.45) is 0 Å². The minimum atomic E-state index is -0.254. The summed E-state index contributed by atoms with van der Waals surface area (Å²) in [6.07, 6.45) is 0. The molecule has 0 radical (unpaired) electrons. The summed E-state index contributed by atoms with van der Waals surface area (Å²) in [7, 11) is 0. The van der Waals surface area contributed by atoms with E-state index in [4.69, 9.17) is 26.3 Å². The summed E-state index contributed by atoms with van der Waals surface area (Å²) in [5.74, 6) is 0.744. The molecule has 0 saturated heterocycles. The molecule has 0 amide bonds. The summed E-state index contributed by atoms with van der Waals surface area (Å²) < 4.78 is 8.71. The second kappa shape index (κ2) is 7.80. The Balaban J connectivity index is 1.85. The maximum Gasteiger partial charge on any atom is 0.340 e. The summed E-state index contributed by atoms with van der Waals surface area (Å²) in [6.45, 7) is 6.59. The van der Waals surface area contributed by atoms with E-state index in [0.717, 1.165) is 27.9 Å². The molecule has 3 aromatic carbocycles. The Morgan fingerprint density at radius 3 is 1.75 bits per heavy atom. The molecule has 5 rings (SSSR count). The number of aryl methyl sites for hydroxylation is 2. The number of hydrogen-bond acceptors (Lipinski definition) is 4. The third-order valence-electron chi connectivity index (χ3n) is 5.54. The van der Waals surface area contributed by atoms with Gasteiger partial charge in [-0.2, -0.15) is 0 Å². The first-order chi connectivity index (χ1) is 15.5. The fourth-order valence-electron chi connectivity index (χ4n) is 3.79. The molecule has 160 valence electrons. The Morgan fingerprint density at radius 2 is 1.28 bits per heavy atom. The van der Waals surface area contributed by atoms with Crippen molar-refractivity contribution in [1.29, 1.82) is 0 Å². The van der Waals surface area contributed by atoms with Crippen LogP contribution >= 0.6 is 11.6 Å². The number of nitrogens with zero attached hydrogens (tertiary/aromatic N) is 4. The van der Waals surface area contributed by atoms with Gasteiger partial charge in [0.05, 0.1) is 29.0 Å². The molecule has 0 N–H and O–H groups in total. The van der Waals surface area contributed by atoms with Crippen LogP contribution in [0.4, 0.5) is 0 Å². The van der Waals surface area contributed by atoms with Crippen molar-refractivity contribution in [3.8, 4) is 17.1 Å². The first-order valence-corrected chi connectivity index (χ1v) is 10.8. The molecule has 2 aromatic heterocycles. The molecule has 0 unspecified atom stereocenters. The normalized spacial score (nSPS) is 11.4. The summed E-state index contributed by atoms with van der Waals surface area (Å²) >= 11 is 6.08. The molecule has 0 aliphatic carbocycles. The van der Waals surface area contributed by atoms with Gasteiger partial charge in [-0.25, -0.2) is 23.9 Å². The van der Waals surface area contributed by atoms with Gasteiger partial charge in [0.25, 0.3) is 0 Å². The second-order valence-electron chi connectivity index (χ2n) is 7.65. The van der Waals surface area contributed by atoms with Gasteiger partial charge in [-0.1, -0.05) is 11.6 Å². The second-order valence-corrected chi connectivity index (χ2v) is 8.09. The fourth-order valence-corrected chi connectivity index (χ4v) is 3.91. The van der Waals surface area contributed by atoms with Gasteiger partial charge in [-0.05, 0) is 92.6 Å². The van der Waals surface area contributed by atoms with E-state index in [1.54, 1.807) is 33.4 Å². The van der Waals surface area contributed by atoms with E-state index in [9.17, 15) is 4.79 Å². The third kappa shape index (κ3) is 3.33. The van der Waals surface area contributed by atoms with Crippen LogP contribution in [0.3, 0.4) is 0 Å². The van der Waals surface area contributed by atoms with Gasteiger partial charge in [-0.15, -0.1) is 0 Å². The first kappa shape index (κ1) is 20.3. The highest BCUT2D eigenvalue weighted by molar-refractivity contribution is 6.30. The molecule has 0 spiro atoms. The standard InChI is InChI=1S/C25H21ClN4O2/c1-4-32-20-11-9-19(10-12-20)30-24-23(27-21-13-15(2)16(3)14-22(21)28-24)29(25(30)31)18-7-5-17(26)6-8-18/h5-14H,4H2,1-3H3. The minimum absolute atomic E-state index is 0.254. The van der Waals surface area contributed by atoms with E-state index in [-0.39, 0.29) is 5.69 Å². The minimum Gasteiger partial charge on any atom is -0.494 e. The highest BCUT2D eigenvalue weighted by atomic mass is 35.5. The molecule has 6 nitrogen and oxygen atoms in total. The maximum absolute atomic E-state index is 13.7. The molecule has 0 aliphatic heterocycles. The molecule has 5 aromatic rings. The van der Waals surface area contributed by atoms with Crippen molar-refractivity contribution >= 4 is 33.9 Å². The van der Waals surface area contributed by atoms with Crippen LogP contribution in [0.2, 0.25) is 5.02 Å². The zero-order valence-electron chi connectivity index (χ0n) is 18.0. The van der Waals surface area contributed by atoms with Gasteiger partial charge < -0.3 is 4.74 Å². The lowest BCUT2D eigenvalue weighted by Gasteiger charge is -2.07. The molecule has 2 heterocycles. The number of imidazole rings is 1. The van der Waals surface area contributed by atoms with Crippen LogP contribution in [-0.2, 0) is 0 Å². The van der Waals surface area contributed by atoms with E-state index in [1.807, 2.05) is 57.2 Å². The van der Waals surface area contributed by atoms with Crippen molar-refractivity contribution in [3.05, 3.63) is 87.3 Å².